The molecule has 0 unspecified atom stereocenters. The van der Waals surface area contributed by atoms with Crippen molar-refractivity contribution in [3.63, 3.8) is 0 Å². The van der Waals surface area contributed by atoms with Crippen molar-refractivity contribution in [2.45, 2.75) is 12.3 Å². The third-order valence-electron chi connectivity index (χ3n) is 1.77. The van der Waals surface area contributed by atoms with Crippen LogP contribution in [-0.2, 0) is 6.18 Å². The monoisotopic (exact) mass is 208 g/mol. The average Bonchev–Trinajstić information content (AvgIpc) is 2.15. The van der Waals surface area contributed by atoms with Gasteiger partial charge in [0, 0.05) is 0 Å². The highest BCUT2D eigenvalue weighted by molar-refractivity contribution is 5.25. The molecule has 1 rings (SSSR count). The van der Waals surface area contributed by atoms with Crippen LogP contribution in [-0.4, -0.2) is 11.8 Å². The number of alkyl halides is 4. The van der Waals surface area contributed by atoms with Gasteiger partial charge >= 0.3 is 6.18 Å². The molecular weight excluding hydrogens is 200 g/mol. The summed E-state index contributed by atoms with van der Waals surface area (Å²) in [5.41, 5.74) is -0.673. The first kappa shape index (κ1) is 11.0. The zero-order valence-corrected chi connectivity index (χ0v) is 7.05. The van der Waals surface area contributed by atoms with Crippen molar-refractivity contribution >= 4 is 0 Å². The van der Waals surface area contributed by atoms with Gasteiger partial charge in [-0.25, -0.2) is 4.39 Å². The minimum absolute atomic E-state index is 0.139. The standard InChI is InChI=1S/C9H8F4O/c10-5-8(14)6-1-3-7(4-2-6)9(11,12)13/h1-4,8,14H,5H2/t8-/m1/s1. The van der Waals surface area contributed by atoms with Crippen LogP contribution in [0.5, 0.6) is 0 Å². The van der Waals surface area contributed by atoms with Crippen molar-refractivity contribution in [3.05, 3.63) is 35.4 Å². The molecule has 0 fully saturated rings. The summed E-state index contributed by atoms with van der Waals surface area (Å²) in [6, 6.07) is 3.75. The molecule has 0 amide bonds. The predicted octanol–water partition coefficient (Wildman–Crippen LogP) is 2.71. The molecule has 0 heterocycles. The molecule has 1 N–H and O–H groups in total. The van der Waals surface area contributed by atoms with Crippen LogP contribution in [0, 0.1) is 0 Å². The summed E-state index contributed by atoms with van der Waals surface area (Å²) in [6.07, 6.45) is -5.75. The topological polar surface area (TPSA) is 20.2 Å². The Hall–Kier alpha value is -1.10. The normalized spacial score (nSPS) is 14.1. The van der Waals surface area contributed by atoms with Crippen molar-refractivity contribution in [2.24, 2.45) is 0 Å². The molecule has 78 valence electrons. The van der Waals surface area contributed by atoms with Gasteiger partial charge in [-0.1, -0.05) is 12.1 Å². The number of aliphatic hydroxyl groups is 1. The van der Waals surface area contributed by atoms with Gasteiger partial charge < -0.3 is 5.11 Å². The number of hydrogen-bond acceptors (Lipinski definition) is 1. The summed E-state index contributed by atoms with van der Waals surface area (Å²) in [5.74, 6) is 0. The lowest BCUT2D eigenvalue weighted by Gasteiger charge is -2.09. The van der Waals surface area contributed by atoms with Crippen LogP contribution in [0.25, 0.3) is 0 Å². The molecule has 1 nitrogen and oxygen atoms in total. The van der Waals surface area contributed by atoms with Gasteiger partial charge in [-0.15, -0.1) is 0 Å². The zero-order chi connectivity index (χ0) is 10.8. The smallest absolute Gasteiger partial charge is 0.386 e. The van der Waals surface area contributed by atoms with E-state index in [1.165, 1.54) is 0 Å². The van der Waals surface area contributed by atoms with Crippen LogP contribution in [0.15, 0.2) is 24.3 Å². The minimum atomic E-state index is -4.40. The molecule has 1 aromatic carbocycles. The minimum Gasteiger partial charge on any atom is -0.386 e. The lowest BCUT2D eigenvalue weighted by molar-refractivity contribution is -0.137. The molecule has 0 saturated heterocycles. The maximum Gasteiger partial charge on any atom is 0.416 e. The first-order chi connectivity index (χ1) is 6.45. The van der Waals surface area contributed by atoms with E-state index in [4.69, 9.17) is 5.11 Å². The van der Waals surface area contributed by atoms with Crippen molar-refractivity contribution in [1.29, 1.82) is 0 Å². The van der Waals surface area contributed by atoms with Gasteiger partial charge in [-0.2, -0.15) is 13.2 Å². The second kappa shape index (κ2) is 3.96. The van der Waals surface area contributed by atoms with Crippen molar-refractivity contribution < 1.29 is 22.7 Å². The fraction of sp³-hybridized carbons (Fsp3) is 0.333. The summed E-state index contributed by atoms with van der Waals surface area (Å²) in [4.78, 5) is 0. The molecule has 5 heteroatoms. The van der Waals surface area contributed by atoms with E-state index in [2.05, 4.69) is 0 Å². The molecule has 0 aliphatic rings. The van der Waals surface area contributed by atoms with E-state index in [0.717, 1.165) is 24.3 Å². The maximum absolute atomic E-state index is 12.1. The molecule has 0 spiro atoms. The molecule has 1 aromatic rings. The van der Waals surface area contributed by atoms with Crippen LogP contribution in [0.4, 0.5) is 17.6 Å². The predicted molar refractivity (Wildman–Crippen MR) is 42.4 cm³/mol. The van der Waals surface area contributed by atoms with Gasteiger partial charge in [0.25, 0.3) is 0 Å². The number of halogens is 4. The highest BCUT2D eigenvalue weighted by Gasteiger charge is 2.30. The molecule has 0 bridgehead atoms. The SMILES string of the molecule is O[C@H](CF)c1ccc(C(F)(F)F)cc1. The Morgan fingerprint density at radius 1 is 1.14 bits per heavy atom. The van der Waals surface area contributed by atoms with Crippen molar-refractivity contribution in [3.8, 4) is 0 Å². The second-order valence-corrected chi connectivity index (χ2v) is 2.79. The summed E-state index contributed by atoms with van der Waals surface area (Å²) in [6.45, 7) is -1.01. The Kier molecular flexibility index (Phi) is 3.10. The Morgan fingerprint density at radius 2 is 1.64 bits per heavy atom. The number of hydrogen-bond donors (Lipinski definition) is 1. The highest BCUT2D eigenvalue weighted by atomic mass is 19.4. The van der Waals surface area contributed by atoms with E-state index in [1.54, 1.807) is 0 Å². The largest absolute Gasteiger partial charge is 0.416 e. The van der Waals surface area contributed by atoms with E-state index in [1.807, 2.05) is 0 Å². The molecule has 0 aliphatic heterocycles. The van der Waals surface area contributed by atoms with E-state index >= 15 is 0 Å². The summed E-state index contributed by atoms with van der Waals surface area (Å²) >= 11 is 0. The lowest BCUT2D eigenvalue weighted by Crippen LogP contribution is -2.06. The van der Waals surface area contributed by atoms with Crippen LogP contribution < -0.4 is 0 Å². The highest BCUT2D eigenvalue weighted by Crippen LogP contribution is 2.29. The van der Waals surface area contributed by atoms with E-state index < -0.39 is 24.5 Å². The number of aliphatic hydroxyl groups excluding tert-OH is 1. The van der Waals surface area contributed by atoms with Gasteiger partial charge in [0.15, 0.2) is 0 Å². The fourth-order valence-electron chi connectivity index (χ4n) is 0.983. The average molecular weight is 208 g/mol. The fourth-order valence-corrected chi connectivity index (χ4v) is 0.983. The van der Waals surface area contributed by atoms with Gasteiger partial charge in [0.05, 0.1) is 5.56 Å². The summed E-state index contributed by atoms with van der Waals surface area (Å²) < 4.78 is 48.1. The number of rotatable bonds is 2. The molecule has 0 radical (unpaired) electrons. The lowest BCUT2D eigenvalue weighted by atomic mass is 10.1. The third-order valence-corrected chi connectivity index (χ3v) is 1.77. The first-order valence-electron chi connectivity index (χ1n) is 3.86. The van der Waals surface area contributed by atoms with Crippen LogP contribution in [0.1, 0.15) is 17.2 Å². The summed E-state index contributed by atoms with van der Waals surface area (Å²) in [7, 11) is 0. The summed E-state index contributed by atoms with van der Waals surface area (Å²) in [5, 5.41) is 8.97. The van der Waals surface area contributed by atoms with Crippen LogP contribution >= 0.6 is 0 Å². The molecule has 0 saturated carbocycles. The van der Waals surface area contributed by atoms with Crippen LogP contribution in [0.2, 0.25) is 0 Å². The Bertz CT molecular complexity index is 291. The van der Waals surface area contributed by atoms with Gasteiger partial charge in [-0.05, 0) is 17.7 Å². The molecule has 14 heavy (non-hydrogen) atoms. The second-order valence-electron chi connectivity index (χ2n) is 2.79. The van der Waals surface area contributed by atoms with E-state index in [-0.39, 0.29) is 5.56 Å². The maximum atomic E-state index is 12.1. The Labute approximate surface area is 78.0 Å². The van der Waals surface area contributed by atoms with Gasteiger partial charge in [0.2, 0.25) is 0 Å². The quantitative estimate of drug-likeness (QED) is 0.741. The van der Waals surface area contributed by atoms with Gasteiger partial charge in [0.1, 0.15) is 12.8 Å². The Balaban J connectivity index is 2.89. The first-order valence-corrected chi connectivity index (χ1v) is 3.86. The molecule has 1 atom stereocenters. The van der Waals surface area contributed by atoms with E-state index in [0.29, 0.717) is 0 Å². The zero-order valence-electron chi connectivity index (χ0n) is 7.05. The Morgan fingerprint density at radius 3 is 2.00 bits per heavy atom. The molecule has 0 aliphatic carbocycles. The van der Waals surface area contributed by atoms with Crippen LogP contribution in [0.3, 0.4) is 0 Å². The third kappa shape index (κ3) is 2.45. The van der Waals surface area contributed by atoms with E-state index in [9.17, 15) is 17.6 Å². The van der Waals surface area contributed by atoms with Crippen molar-refractivity contribution in [1.82, 2.24) is 0 Å². The number of benzene rings is 1. The molecular formula is C9H8F4O. The van der Waals surface area contributed by atoms with Crippen molar-refractivity contribution in [2.75, 3.05) is 6.67 Å². The van der Waals surface area contributed by atoms with Gasteiger partial charge in [-0.3, -0.25) is 0 Å². The molecule has 0 aromatic heterocycles.